The normalized spacial score (nSPS) is 10.1. The molecule has 76 valence electrons. The van der Waals surface area contributed by atoms with Gasteiger partial charge in [0.2, 0.25) is 0 Å². The van der Waals surface area contributed by atoms with Gasteiger partial charge in [-0.05, 0) is 13.8 Å². The Morgan fingerprint density at radius 3 is 2.64 bits per heavy atom. The number of aldehydes is 1. The fourth-order valence-corrected chi connectivity index (χ4v) is 1.34. The summed E-state index contributed by atoms with van der Waals surface area (Å²) in [6.45, 7) is 3.61. The molecular formula is C8H11N3O3. The molecular weight excluding hydrogens is 186 g/mol. The first-order valence-corrected chi connectivity index (χ1v) is 4.20. The summed E-state index contributed by atoms with van der Waals surface area (Å²) in [5.74, 6) is 0. The summed E-state index contributed by atoms with van der Waals surface area (Å²) < 4.78 is 1.49. The molecule has 6 nitrogen and oxygen atoms in total. The maximum Gasteiger partial charge on any atom is 0.312 e. The minimum Gasteiger partial charge on any atom is -0.303 e. The van der Waals surface area contributed by atoms with E-state index in [0.717, 1.165) is 6.29 Å². The largest absolute Gasteiger partial charge is 0.312 e. The Morgan fingerprint density at radius 1 is 1.57 bits per heavy atom. The van der Waals surface area contributed by atoms with Crippen LogP contribution in [0.5, 0.6) is 0 Å². The summed E-state index contributed by atoms with van der Waals surface area (Å²) >= 11 is 0. The van der Waals surface area contributed by atoms with Gasteiger partial charge in [-0.1, -0.05) is 0 Å². The molecule has 0 unspecified atom stereocenters. The number of hydrogen-bond acceptors (Lipinski definition) is 4. The van der Waals surface area contributed by atoms with Crippen LogP contribution in [-0.4, -0.2) is 21.0 Å². The minimum atomic E-state index is -0.449. The van der Waals surface area contributed by atoms with Gasteiger partial charge in [0.25, 0.3) is 0 Å². The van der Waals surface area contributed by atoms with Crippen LogP contribution in [-0.2, 0) is 11.3 Å². The van der Waals surface area contributed by atoms with Gasteiger partial charge < -0.3 is 4.79 Å². The first kappa shape index (κ1) is 10.4. The van der Waals surface area contributed by atoms with Crippen molar-refractivity contribution in [3.8, 4) is 0 Å². The molecule has 0 bridgehead atoms. The number of carbonyl (C=O) groups is 1. The zero-order valence-corrected chi connectivity index (χ0v) is 8.06. The fourth-order valence-electron chi connectivity index (χ4n) is 1.34. The van der Waals surface area contributed by atoms with E-state index >= 15 is 0 Å². The van der Waals surface area contributed by atoms with Crippen molar-refractivity contribution in [1.29, 1.82) is 0 Å². The summed E-state index contributed by atoms with van der Waals surface area (Å²) in [5.41, 5.74) is 0.920. The van der Waals surface area contributed by atoms with Gasteiger partial charge in [0.15, 0.2) is 0 Å². The minimum absolute atomic E-state index is 0.0379. The number of nitro groups is 1. The van der Waals surface area contributed by atoms with Gasteiger partial charge in [0, 0.05) is 13.0 Å². The van der Waals surface area contributed by atoms with E-state index < -0.39 is 4.92 Å². The molecule has 6 heteroatoms. The lowest BCUT2D eigenvalue weighted by molar-refractivity contribution is -0.386. The number of hydrogen-bond donors (Lipinski definition) is 0. The molecule has 14 heavy (non-hydrogen) atoms. The van der Waals surface area contributed by atoms with Crippen molar-refractivity contribution in [2.75, 3.05) is 0 Å². The van der Waals surface area contributed by atoms with Gasteiger partial charge in [-0.2, -0.15) is 5.10 Å². The summed E-state index contributed by atoms with van der Waals surface area (Å²) in [6.07, 6.45) is 1.08. The van der Waals surface area contributed by atoms with E-state index in [1.54, 1.807) is 13.8 Å². The van der Waals surface area contributed by atoms with Crippen LogP contribution < -0.4 is 0 Å². The first-order valence-electron chi connectivity index (χ1n) is 4.20. The van der Waals surface area contributed by atoms with E-state index in [4.69, 9.17) is 0 Å². The second-order valence-electron chi connectivity index (χ2n) is 2.96. The average Bonchev–Trinajstić information content (AvgIpc) is 2.38. The number of carbonyl (C=O) groups excluding carboxylic acids is 1. The van der Waals surface area contributed by atoms with Crippen molar-refractivity contribution >= 4 is 12.0 Å². The van der Waals surface area contributed by atoms with Gasteiger partial charge in [0.1, 0.15) is 17.7 Å². The Labute approximate surface area is 80.7 Å². The predicted molar refractivity (Wildman–Crippen MR) is 49.0 cm³/mol. The third-order valence-corrected chi connectivity index (χ3v) is 1.98. The maximum atomic E-state index is 10.6. The van der Waals surface area contributed by atoms with Crippen LogP contribution in [0.3, 0.4) is 0 Å². The summed E-state index contributed by atoms with van der Waals surface area (Å²) in [4.78, 5) is 20.3. The molecule has 0 fully saturated rings. The van der Waals surface area contributed by atoms with Crippen LogP contribution in [0.4, 0.5) is 5.69 Å². The highest BCUT2D eigenvalue weighted by atomic mass is 16.6. The van der Waals surface area contributed by atoms with Gasteiger partial charge in [-0.3, -0.25) is 14.8 Å². The fraction of sp³-hybridized carbons (Fsp3) is 0.500. The van der Waals surface area contributed by atoms with Crippen molar-refractivity contribution in [3.05, 3.63) is 21.5 Å². The van der Waals surface area contributed by atoms with Crippen LogP contribution in [0.25, 0.3) is 0 Å². The van der Waals surface area contributed by atoms with E-state index in [-0.39, 0.29) is 5.69 Å². The van der Waals surface area contributed by atoms with E-state index in [1.165, 1.54) is 4.68 Å². The molecule has 0 aliphatic heterocycles. The van der Waals surface area contributed by atoms with Crippen molar-refractivity contribution in [2.45, 2.75) is 26.8 Å². The molecule has 1 aromatic heterocycles. The van der Waals surface area contributed by atoms with Crippen molar-refractivity contribution in [3.63, 3.8) is 0 Å². The maximum absolute atomic E-state index is 10.6. The quantitative estimate of drug-likeness (QED) is 0.409. The number of rotatable bonds is 4. The Hall–Kier alpha value is -1.72. The molecule has 0 aliphatic carbocycles. The molecule has 0 aliphatic rings. The Kier molecular flexibility index (Phi) is 2.95. The number of aryl methyl sites for hydroxylation is 2. The van der Waals surface area contributed by atoms with Crippen LogP contribution in [0.2, 0.25) is 0 Å². The SMILES string of the molecule is Cc1nn(CCC=O)c(C)c1[N+](=O)[O-]. The lowest BCUT2D eigenvalue weighted by Gasteiger charge is -1.98. The van der Waals surface area contributed by atoms with E-state index in [0.29, 0.717) is 24.4 Å². The molecule has 0 saturated carbocycles. The molecule has 0 atom stereocenters. The van der Waals surface area contributed by atoms with E-state index in [2.05, 4.69) is 5.10 Å². The lowest BCUT2D eigenvalue weighted by Crippen LogP contribution is -2.03. The third-order valence-electron chi connectivity index (χ3n) is 1.98. The molecule has 0 amide bonds. The zero-order chi connectivity index (χ0) is 10.7. The van der Waals surface area contributed by atoms with Crippen molar-refractivity contribution in [1.82, 2.24) is 9.78 Å². The molecule has 0 aromatic carbocycles. The molecule has 0 saturated heterocycles. The van der Waals surface area contributed by atoms with Gasteiger partial charge in [-0.15, -0.1) is 0 Å². The lowest BCUT2D eigenvalue weighted by atomic mass is 10.3. The van der Waals surface area contributed by atoms with Crippen LogP contribution in [0, 0.1) is 24.0 Å². The third kappa shape index (κ3) is 1.78. The summed E-state index contributed by atoms with van der Waals surface area (Å²) in [7, 11) is 0. The van der Waals surface area contributed by atoms with Gasteiger partial charge >= 0.3 is 5.69 Å². The second-order valence-corrected chi connectivity index (χ2v) is 2.96. The molecule has 1 aromatic rings. The average molecular weight is 197 g/mol. The Balaban J connectivity index is 3.03. The smallest absolute Gasteiger partial charge is 0.303 e. The Bertz CT molecular complexity index is 370. The Morgan fingerprint density at radius 2 is 2.21 bits per heavy atom. The number of nitrogens with zero attached hydrogens (tertiary/aromatic N) is 3. The first-order chi connectivity index (χ1) is 6.57. The predicted octanol–water partition coefficient (Wildman–Crippen LogP) is 0.997. The van der Waals surface area contributed by atoms with E-state index in [9.17, 15) is 14.9 Å². The standard InChI is InChI=1S/C8H11N3O3/c1-6-8(11(13)14)7(2)10(9-6)4-3-5-12/h5H,3-4H2,1-2H3. The highest BCUT2D eigenvalue weighted by Gasteiger charge is 2.20. The van der Waals surface area contributed by atoms with Gasteiger partial charge in [-0.25, -0.2) is 0 Å². The molecule has 0 spiro atoms. The summed E-state index contributed by atoms with van der Waals surface area (Å²) in [5, 5.41) is 14.6. The van der Waals surface area contributed by atoms with Crippen molar-refractivity contribution < 1.29 is 9.72 Å². The van der Waals surface area contributed by atoms with Gasteiger partial charge in [0.05, 0.1) is 4.92 Å². The number of aromatic nitrogens is 2. The molecule has 1 rings (SSSR count). The van der Waals surface area contributed by atoms with Crippen molar-refractivity contribution in [2.24, 2.45) is 0 Å². The highest BCUT2D eigenvalue weighted by Crippen LogP contribution is 2.21. The second kappa shape index (κ2) is 3.99. The van der Waals surface area contributed by atoms with E-state index in [1.807, 2.05) is 0 Å². The van der Waals surface area contributed by atoms with Crippen LogP contribution >= 0.6 is 0 Å². The highest BCUT2D eigenvalue weighted by molar-refractivity contribution is 5.49. The monoisotopic (exact) mass is 197 g/mol. The molecule has 0 radical (unpaired) electrons. The molecule has 0 N–H and O–H groups in total. The summed E-state index contributed by atoms with van der Waals surface area (Å²) in [6, 6.07) is 0. The zero-order valence-electron chi connectivity index (χ0n) is 8.06. The topological polar surface area (TPSA) is 78.0 Å². The van der Waals surface area contributed by atoms with Crippen LogP contribution in [0.15, 0.2) is 0 Å². The van der Waals surface area contributed by atoms with Crippen LogP contribution in [0.1, 0.15) is 17.8 Å². The molecule has 1 heterocycles.